The van der Waals surface area contributed by atoms with Crippen molar-refractivity contribution in [2.45, 2.75) is 32.0 Å². The van der Waals surface area contributed by atoms with Gasteiger partial charge in [-0.15, -0.1) is 0 Å². The summed E-state index contributed by atoms with van der Waals surface area (Å²) in [6, 6.07) is 24.6. The molecule has 0 aliphatic carbocycles. The van der Waals surface area contributed by atoms with E-state index in [0.29, 0.717) is 40.5 Å². The summed E-state index contributed by atoms with van der Waals surface area (Å²) in [4.78, 5) is 14.4. The second kappa shape index (κ2) is 16.9. The third-order valence-corrected chi connectivity index (χ3v) is 9.74. The van der Waals surface area contributed by atoms with Crippen LogP contribution in [0.25, 0.3) is 22.5 Å². The normalized spacial score (nSPS) is 13.4. The summed E-state index contributed by atoms with van der Waals surface area (Å²) in [6.07, 6.45) is 5.75. The van der Waals surface area contributed by atoms with Crippen molar-refractivity contribution in [2.75, 3.05) is 60.6 Å². The number of pyridine rings is 2. The lowest BCUT2D eigenvalue weighted by atomic mass is 10.00. The van der Waals surface area contributed by atoms with Gasteiger partial charge in [-0.25, -0.2) is 0 Å². The van der Waals surface area contributed by atoms with E-state index in [1.807, 2.05) is 48.8 Å². The van der Waals surface area contributed by atoms with Crippen LogP contribution in [0.3, 0.4) is 0 Å². The molecule has 0 radical (unpaired) electrons. The first kappa shape index (κ1) is 36.6. The van der Waals surface area contributed by atoms with E-state index in [1.54, 1.807) is 42.7 Å². The number of methoxy groups -OCH3 is 6. The Hall–Kier alpha value is -5.19. The molecule has 0 N–H and O–H groups in total. The van der Waals surface area contributed by atoms with E-state index in [0.717, 1.165) is 77.8 Å². The number of nitrogens with zero attached hydrogens (tertiary/aromatic N) is 4. The van der Waals surface area contributed by atoms with Crippen LogP contribution in [0.15, 0.2) is 85.2 Å². The summed E-state index contributed by atoms with van der Waals surface area (Å²) in [5.74, 6) is 3.48. The zero-order valence-electron chi connectivity index (χ0n) is 30.5. The Labute approximate surface area is 310 Å². The molecule has 1 aliphatic heterocycles. The molecule has 52 heavy (non-hydrogen) atoms. The standard InChI is InChI=1S/C41H45ClN4O6/c1-47-36-21-29(22-37(48-2)40(36)51-5)34-19-27(11-15-43-34)25-45-17-13-33(14-18-45)46(32-9-7-31(42)8-10-32)26-28-12-16-44-35(20-28)30-23-38(49-3)41(52-6)39(24-30)50-4/h7-12,15-16,19-24,33H,13-14,17-18,25-26H2,1-6H3. The molecule has 272 valence electrons. The fourth-order valence-electron chi connectivity index (χ4n) is 6.83. The Kier molecular flexibility index (Phi) is 11.9. The minimum atomic E-state index is 0.336. The van der Waals surface area contributed by atoms with E-state index in [1.165, 1.54) is 5.56 Å². The van der Waals surface area contributed by atoms with E-state index in [9.17, 15) is 0 Å². The summed E-state index contributed by atoms with van der Waals surface area (Å²) in [5, 5.41) is 0.718. The highest BCUT2D eigenvalue weighted by molar-refractivity contribution is 6.30. The van der Waals surface area contributed by atoms with Gasteiger partial charge in [0.1, 0.15) is 0 Å². The Bertz CT molecular complexity index is 1920. The van der Waals surface area contributed by atoms with Crippen LogP contribution in [0, 0.1) is 0 Å². The number of piperidine rings is 1. The van der Waals surface area contributed by atoms with E-state index in [4.69, 9.17) is 45.0 Å². The number of rotatable bonds is 14. The van der Waals surface area contributed by atoms with E-state index in [2.05, 4.69) is 51.2 Å². The molecule has 0 bridgehead atoms. The van der Waals surface area contributed by atoms with Gasteiger partial charge in [0.2, 0.25) is 11.5 Å². The molecule has 0 spiro atoms. The van der Waals surface area contributed by atoms with Crippen molar-refractivity contribution in [1.29, 1.82) is 0 Å². The zero-order chi connectivity index (χ0) is 36.6. The Morgan fingerprint density at radius 3 is 1.54 bits per heavy atom. The van der Waals surface area contributed by atoms with Crippen molar-refractivity contribution >= 4 is 17.3 Å². The van der Waals surface area contributed by atoms with Crippen molar-refractivity contribution in [2.24, 2.45) is 0 Å². The second-order valence-corrected chi connectivity index (χ2v) is 13.0. The van der Waals surface area contributed by atoms with Crippen molar-refractivity contribution in [3.05, 3.63) is 101 Å². The Balaban J connectivity index is 1.19. The van der Waals surface area contributed by atoms with Crippen LogP contribution < -0.4 is 33.3 Å². The number of hydrogen-bond donors (Lipinski definition) is 0. The van der Waals surface area contributed by atoms with Gasteiger partial charge in [-0.2, -0.15) is 0 Å². The summed E-state index contributed by atoms with van der Waals surface area (Å²) in [7, 11) is 9.68. The van der Waals surface area contributed by atoms with Crippen LogP contribution in [0.4, 0.5) is 5.69 Å². The average Bonchev–Trinajstić information content (AvgIpc) is 3.19. The van der Waals surface area contributed by atoms with E-state index < -0.39 is 0 Å². The van der Waals surface area contributed by atoms with Gasteiger partial charge in [-0.05, 0) is 96.8 Å². The van der Waals surface area contributed by atoms with E-state index in [-0.39, 0.29) is 0 Å². The molecule has 0 amide bonds. The van der Waals surface area contributed by atoms with Gasteiger partial charge in [0.25, 0.3) is 0 Å². The molecule has 5 aromatic rings. The van der Waals surface area contributed by atoms with Gasteiger partial charge in [0.05, 0.1) is 54.0 Å². The first-order chi connectivity index (χ1) is 25.4. The highest BCUT2D eigenvalue weighted by atomic mass is 35.5. The zero-order valence-corrected chi connectivity index (χ0v) is 31.3. The molecule has 3 aromatic carbocycles. The predicted octanol–water partition coefficient (Wildman–Crippen LogP) is 8.19. The van der Waals surface area contributed by atoms with Crippen LogP contribution in [0.5, 0.6) is 34.5 Å². The minimum Gasteiger partial charge on any atom is -0.493 e. The summed E-state index contributed by atoms with van der Waals surface area (Å²) in [6.45, 7) is 3.47. The lowest BCUT2D eigenvalue weighted by molar-refractivity contribution is 0.201. The first-order valence-corrected chi connectivity index (χ1v) is 17.5. The number of benzene rings is 3. The Morgan fingerprint density at radius 1 is 0.615 bits per heavy atom. The molecule has 6 rings (SSSR count). The topological polar surface area (TPSA) is 87.6 Å². The lowest BCUT2D eigenvalue weighted by Gasteiger charge is -2.40. The van der Waals surface area contributed by atoms with Crippen molar-refractivity contribution in [1.82, 2.24) is 14.9 Å². The highest BCUT2D eigenvalue weighted by Gasteiger charge is 2.26. The van der Waals surface area contributed by atoms with Crippen LogP contribution in [-0.2, 0) is 13.1 Å². The average molecular weight is 725 g/mol. The van der Waals surface area contributed by atoms with Crippen LogP contribution in [0.1, 0.15) is 24.0 Å². The number of ether oxygens (including phenoxy) is 6. The van der Waals surface area contributed by atoms with Crippen LogP contribution in [0.2, 0.25) is 5.02 Å². The molecule has 1 aliphatic rings. The molecule has 11 heteroatoms. The molecule has 3 heterocycles. The lowest BCUT2D eigenvalue weighted by Crippen LogP contribution is -2.44. The maximum atomic E-state index is 6.33. The number of halogens is 1. The number of likely N-dealkylation sites (tertiary alicyclic amines) is 1. The smallest absolute Gasteiger partial charge is 0.203 e. The molecule has 0 saturated carbocycles. The monoisotopic (exact) mass is 724 g/mol. The molecule has 1 saturated heterocycles. The molecular formula is C41H45ClN4O6. The third kappa shape index (κ3) is 8.14. The molecule has 1 fully saturated rings. The van der Waals surface area contributed by atoms with Gasteiger partial charge in [0, 0.05) is 66.5 Å². The minimum absolute atomic E-state index is 0.336. The molecule has 0 unspecified atom stereocenters. The summed E-state index contributed by atoms with van der Waals surface area (Å²) < 4.78 is 33.4. The maximum absolute atomic E-state index is 6.33. The number of anilines is 1. The van der Waals surface area contributed by atoms with Gasteiger partial charge < -0.3 is 33.3 Å². The SMILES string of the molecule is COc1cc(-c2cc(CN3CCC(N(Cc4ccnc(-c5cc(OC)c(OC)c(OC)c5)c4)c4ccc(Cl)cc4)CC3)ccn2)cc(OC)c1OC. The number of aromatic nitrogens is 2. The number of hydrogen-bond acceptors (Lipinski definition) is 10. The van der Waals surface area contributed by atoms with Gasteiger partial charge in [-0.3, -0.25) is 14.9 Å². The van der Waals surface area contributed by atoms with Crippen LogP contribution >= 0.6 is 11.6 Å². The van der Waals surface area contributed by atoms with Crippen molar-refractivity contribution < 1.29 is 28.4 Å². The maximum Gasteiger partial charge on any atom is 0.203 e. The summed E-state index contributed by atoms with van der Waals surface area (Å²) in [5.41, 5.74) is 6.94. The van der Waals surface area contributed by atoms with Crippen molar-refractivity contribution in [3.63, 3.8) is 0 Å². The fraction of sp³-hybridized carbons (Fsp3) is 0.317. The van der Waals surface area contributed by atoms with E-state index >= 15 is 0 Å². The molecular weight excluding hydrogens is 680 g/mol. The van der Waals surface area contributed by atoms with Crippen LogP contribution in [-0.4, -0.2) is 76.7 Å². The second-order valence-electron chi connectivity index (χ2n) is 12.5. The van der Waals surface area contributed by atoms with Gasteiger partial charge in [-0.1, -0.05) is 11.6 Å². The highest BCUT2D eigenvalue weighted by Crippen LogP contribution is 2.42. The van der Waals surface area contributed by atoms with Gasteiger partial charge in [0.15, 0.2) is 23.0 Å². The third-order valence-electron chi connectivity index (χ3n) is 9.48. The summed E-state index contributed by atoms with van der Waals surface area (Å²) >= 11 is 6.33. The molecule has 0 atom stereocenters. The molecule has 2 aromatic heterocycles. The largest absolute Gasteiger partial charge is 0.493 e. The molecule has 10 nitrogen and oxygen atoms in total. The predicted molar refractivity (Wildman–Crippen MR) is 205 cm³/mol. The first-order valence-electron chi connectivity index (χ1n) is 17.1. The Morgan fingerprint density at radius 2 is 1.08 bits per heavy atom. The fourth-order valence-corrected chi connectivity index (χ4v) is 6.95. The quantitative estimate of drug-likeness (QED) is 0.112. The van der Waals surface area contributed by atoms with Gasteiger partial charge >= 0.3 is 0 Å². The van der Waals surface area contributed by atoms with Crippen molar-refractivity contribution in [3.8, 4) is 57.0 Å².